The summed E-state index contributed by atoms with van der Waals surface area (Å²) in [4.78, 5) is 4.10. The molecule has 0 amide bonds. The number of rotatable bonds is 5. The Bertz CT molecular complexity index is 286. The molecule has 4 heteroatoms. The van der Waals surface area contributed by atoms with E-state index >= 15 is 0 Å². The smallest absolute Gasteiger partial charge is 0.0945 e. The van der Waals surface area contributed by atoms with Crippen molar-refractivity contribution < 1.29 is 0 Å². The van der Waals surface area contributed by atoms with E-state index in [0.717, 1.165) is 6.54 Å². The normalized spacial score (nSPS) is 19.8. The van der Waals surface area contributed by atoms with Gasteiger partial charge in [0.2, 0.25) is 0 Å². The van der Waals surface area contributed by atoms with Gasteiger partial charge in [0.15, 0.2) is 0 Å². The van der Waals surface area contributed by atoms with Crippen LogP contribution >= 0.6 is 23.5 Å². The fourth-order valence-corrected chi connectivity index (χ4v) is 5.64. The molecule has 0 aromatic carbocycles. The molecule has 16 heavy (non-hydrogen) atoms. The Labute approximate surface area is 107 Å². The highest BCUT2D eigenvalue weighted by molar-refractivity contribution is 8.18. The van der Waals surface area contributed by atoms with Crippen molar-refractivity contribution in [3.8, 4) is 0 Å². The maximum absolute atomic E-state index is 4.10. The summed E-state index contributed by atoms with van der Waals surface area (Å²) in [5.74, 6) is 2.69. The summed E-state index contributed by atoms with van der Waals surface area (Å²) in [5.41, 5.74) is 0. The van der Waals surface area contributed by atoms with Gasteiger partial charge in [0, 0.05) is 18.9 Å². The van der Waals surface area contributed by atoms with Gasteiger partial charge in [-0.05, 0) is 30.8 Å². The molecule has 1 aromatic rings. The number of imidazole rings is 1. The van der Waals surface area contributed by atoms with Crippen molar-refractivity contribution in [3.63, 3.8) is 0 Å². The summed E-state index contributed by atoms with van der Waals surface area (Å²) in [6, 6.07) is 0. The van der Waals surface area contributed by atoms with Gasteiger partial charge in [-0.2, -0.15) is 0 Å². The largest absolute Gasteiger partial charge is 0.337 e. The van der Waals surface area contributed by atoms with Crippen molar-refractivity contribution in [1.82, 2.24) is 9.55 Å². The van der Waals surface area contributed by atoms with Crippen molar-refractivity contribution >= 4 is 23.5 Å². The Morgan fingerprint density at radius 3 is 2.75 bits per heavy atom. The van der Waals surface area contributed by atoms with Crippen LogP contribution in [0.2, 0.25) is 0 Å². The lowest BCUT2D eigenvalue weighted by Crippen LogP contribution is -2.26. The van der Waals surface area contributed by atoms with Crippen molar-refractivity contribution in [2.45, 2.75) is 43.2 Å². The number of hydrogen-bond acceptors (Lipinski definition) is 3. The van der Waals surface area contributed by atoms with Gasteiger partial charge in [0.05, 0.1) is 10.4 Å². The molecule has 0 N–H and O–H groups in total. The van der Waals surface area contributed by atoms with E-state index < -0.39 is 0 Å². The molecule has 2 heterocycles. The van der Waals surface area contributed by atoms with E-state index in [1.54, 1.807) is 0 Å². The predicted octanol–water partition coefficient (Wildman–Crippen LogP) is 3.64. The van der Waals surface area contributed by atoms with Crippen LogP contribution in [-0.2, 0) is 6.54 Å². The van der Waals surface area contributed by atoms with Crippen LogP contribution in [0.1, 0.15) is 32.6 Å². The Morgan fingerprint density at radius 1 is 1.31 bits per heavy atom. The van der Waals surface area contributed by atoms with Gasteiger partial charge < -0.3 is 4.57 Å². The molecule has 1 saturated heterocycles. The summed E-state index contributed by atoms with van der Waals surface area (Å²) in [5, 5.41) is 0. The fraction of sp³-hybridized carbons (Fsp3) is 0.750. The third kappa shape index (κ3) is 3.20. The van der Waals surface area contributed by atoms with E-state index in [9.17, 15) is 0 Å². The van der Waals surface area contributed by atoms with Crippen molar-refractivity contribution in [3.05, 3.63) is 18.7 Å². The first-order valence-electron chi connectivity index (χ1n) is 6.08. The average Bonchev–Trinajstić information content (AvgIpc) is 2.81. The van der Waals surface area contributed by atoms with Crippen LogP contribution in [0.5, 0.6) is 0 Å². The van der Waals surface area contributed by atoms with E-state index in [1.165, 1.54) is 37.2 Å². The topological polar surface area (TPSA) is 17.8 Å². The molecule has 1 fully saturated rings. The van der Waals surface area contributed by atoms with Gasteiger partial charge in [-0.1, -0.05) is 13.3 Å². The van der Waals surface area contributed by atoms with E-state index in [0.29, 0.717) is 4.08 Å². The molecule has 0 unspecified atom stereocenters. The van der Waals surface area contributed by atoms with Gasteiger partial charge in [-0.25, -0.2) is 4.98 Å². The lowest BCUT2D eigenvalue weighted by molar-refractivity contribution is 0.564. The van der Waals surface area contributed by atoms with Crippen LogP contribution in [0.3, 0.4) is 0 Å². The minimum atomic E-state index is 0.483. The Kier molecular flexibility index (Phi) is 4.65. The van der Waals surface area contributed by atoms with Crippen molar-refractivity contribution in [2.24, 2.45) is 0 Å². The number of hydrogen-bond donors (Lipinski definition) is 0. The van der Waals surface area contributed by atoms with Gasteiger partial charge >= 0.3 is 0 Å². The second kappa shape index (κ2) is 6.01. The minimum absolute atomic E-state index is 0.483. The van der Waals surface area contributed by atoms with Crippen molar-refractivity contribution in [1.29, 1.82) is 0 Å². The molecule has 0 saturated carbocycles. The van der Waals surface area contributed by atoms with E-state index in [-0.39, 0.29) is 0 Å². The average molecular weight is 256 g/mol. The maximum atomic E-state index is 4.10. The molecular formula is C12H20N2S2. The first-order valence-corrected chi connectivity index (χ1v) is 8.05. The molecule has 0 atom stereocenters. The first-order chi connectivity index (χ1) is 7.85. The van der Waals surface area contributed by atoms with Crippen LogP contribution in [-0.4, -0.2) is 25.1 Å². The second-order valence-electron chi connectivity index (χ2n) is 4.26. The number of aromatic nitrogens is 2. The van der Waals surface area contributed by atoms with Gasteiger partial charge in [0.1, 0.15) is 0 Å². The zero-order valence-corrected chi connectivity index (χ0v) is 11.5. The van der Waals surface area contributed by atoms with Crippen molar-refractivity contribution in [2.75, 3.05) is 11.5 Å². The molecule has 90 valence electrons. The molecular weight excluding hydrogens is 236 g/mol. The fourth-order valence-electron chi connectivity index (χ4n) is 2.13. The van der Waals surface area contributed by atoms with Crippen LogP contribution in [0.25, 0.3) is 0 Å². The van der Waals surface area contributed by atoms with E-state index in [2.05, 4.69) is 46.2 Å². The monoisotopic (exact) mass is 256 g/mol. The highest BCUT2D eigenvalue weighted by Gasteiger charge is 2.32. The van der Waals surface area contributed by atoms with Crippen LogP contribution in [0.4, 0.5) is 0 Å². The van der Waals surface area contributed by atoms with Crippen LogP contribution in [0.15, 0.2) is 18.7 Å². The Hall–Kier alpha value is -0.0900. The number of nitrogens with zero attached hydrogens (tertiary/aromatic N) is 2. The lowest BCUT2D eigenvalue weighted by atomic mass is 10.2. The quantitative estimate of drug-likeness (QED) is 0.801. The Balaban J connectivity index is 1.91. The minimum Gasteiger partial charge on any atom is -0.337 e. The molecule has 0 radical (unpaired) electrons. The maximum Gasteiger partial charge on any atom is 0.0945 e. The molecule has 1 aromatic heterocycles. The predicted molar refractivity (Wildman–Crippen MR) is 74.0 cm³/mol. The molecule has 0 bridgehead atoms. The first kappa shape index (κ1) is 12.4. The standard InChI is InChI=1S/C12H20N2S2/c1-2-4-12(15-9-3-10-16-12)5-7-14-8-6-13-11-14/h6,8,11H,2-5,7,9-10H2,1H3. The summed E-state index contributed by atoms with van der Waals surface area (Å²) in [6.45, 7) is 3.41. The second-order valence-corrected chi connectivity index (χ2v) is 7.48. The zero-order valence-electron chi connectivity index (χ0n) is 9.89. The molecule has 1 aliphatic rings. The third-order valence-corrected chi connectivity index (χ3v) is 6.52. The highest BCUT2D eigenvalue weighted by Crippen LogP contribution is 2.48. The van der Waals surface area contributed by atoms with Crippen LogP contribution in [0, 0.1) is 0 Å². The van der Waals surface area contributed by atoms with Gasteiger partial charge in [0.25, 0.3) is 0 Å². The number of thioether (sulfide) groups is 2. The molecule has 0 aliphatic carbocycles. The molecule has 2 nitrogen and oxygen atoms in total. The SMILES string of the molecule is CCCC1(CCn2ccnc2)SCCCS1. The summed E-state index contributed by atoms with van der Waals surface area (Å²) < 4.78 is 2.68. The number of aryl methyl sites for hydroxylation is 1. The lowest BCUT2D eigenvalue weighted by Gasteiger charge is -2.36. The Morgan fingerprint density at radius 2 is 2.12 bits per heavy atom. The van der Waals surface area contributed by atoms with Crippen LogP contribution < -0.4 is 0 Å². The molecule has 2 rings (SSSR count). The molecule has 1 aliphatic heterocycles. The molecule has 0 spiro atoms. The summed E-state index contributed by atoms with van der Waals surface area (Å²) >= 11 is 4.37. The summed E-state index contributed by atoms with van der Waals surface area (Å²) in [6.07, 6.45) is 11.2. The highest BCUT2D eigenvalue weighted by atomic mass is 32.2. The third-order valence-electron chi connectivity index (χ3n) is 2.96. The van der Waals surface area contributed by atoms with Gasteiger partial charge in [-0.3, -0.25) is 0 Å². The zero-order chi connectivity index (χ0) is 11.3. The summed E-state index contributed by atoms with van der Waals surface area (Å²) in [7, 11) is 0. The van der Waals surface area contributed by atoms with E-state index in [1.807, 2.05) is 12.5 Å². The van der Waals surface area contributed by atoms with E-state index in [4.69, 9.17) is 0 Å². The van der Waals surface area contributed by atoms with Gasteiger partial charge in [-0.15, -0.1) is 23.5 Å².